The predicted molar refractivity (Wildman–Crippen MR) is 105 cm³/mol. The number of imidazole rings is 1. The molecule has 3 aromatic heterocycles. The normalized spacial score (nSPS) is 13.9. The van der Waals surface area contributed by atoms with Gasteiger partial charge in [-0.05, 0) is 48.4 Å². The molecular formula is C19H17N5O2S. The highest BCUT2D eigenvalue weighted by Crippen LogP contribution is 2.31. The van der Waals surface area contributed by atoms with Gasteiger partial charge >= 0.3 is 5.69 Å². The minimum Gasteiger partial charge on any atom is -0.306 e. The molecule has 1 aliphatic rings. The number of aromatic nitrogens is 4. The van der Waals surface area contributed by atoms with Crippen LogP contribution in [0, 0.1) is 5.92 Å². The summed E-state index contributed by atoms with van der Waals surface area (Å²) in [7, 11) is 0. The van der Waals surface area contributed by atoms with Crippen molar-refractivity contribution in [3.05, 3.63) is 57.8 Å². The van der Waals surface area contributed by atoms with Gasteiger partial charge in [0.15, 0.2) is 5.82 Å². The molecule has 1 aromatic carbocycles. The van der Waals surface area contributed by atoms with E-state index in [-0.39, 0.29) is 11.6 Å². The van der Waals surface area contributed by atoms with Crippen LogP contribution in [0.2, 0.25) is 0 Å². The van der Waals surface area contributed by atoms with E-state index in [1.54, 1.807) is 34.1 Å². The third-order valence-corrected chi connectivity index (χ3v) is 5.68. The van der Waals surface area contributed by atoms with Gasteiger partial charge in [-0.1, -0.05) is 6.07 Å². The molecule has 8 heteroatoms. The van der Waals surface area contributed by atoms with Gasteiger partial charge in [-0.3, -0.25) is 14.5 Å². The molecule has 0 unspecified atom stereocenters. The van der Waals surface area contributed by atoms with Gasteiger partial charge in [0.2, 0.25) is 0 Å². The first-order chi connectivity index (χ1) is 13.2. The van der Waals surface area contributed by atoms with Crippen molar-refractivity contribution in [2.75, 3.05) is 5.32 Å². The predicted octanol–water partition coefficient (Wildman–Crippen LogP) is 3.44. The summed E-state index contributed by atoms with van der Waals surface area (Å²) in [5.74, 6) is 0.794. The molecule has 4 aromatic rings. The minimum absolute atomic E-state index is 0.123. The number of H-pyrrole nitrogens is 2. The molecule has 0 radical (unpaired) electrons. The zero-order valence-corrected chi connectivity index (χ0v) is 15.2. The summed E-state index contributed by atoms with van der Waals surface area (Å²) in [6.45, 7) is 0.739. The number of rotatable bonds is 5. The average Bonchev–Trinajstić information content (AvgIpc) is 3.05. The summed E-state index contributed by atoms with van der Waals surface area (Å²) in [6, 6.07) is 11.0. The van der Waals surface area contributed by atoms with E-state index in [9.17, 15) is 9.59 Å². The first-order valence-corrected chi connectivity index (χ1v) is 9.68. The number of carbonyl (C=O) groups is 1. The molecule has 27 heavy (non-hydrogen) atoms. The molecule has 1 saturated carbocycles. The first-order valence-electron chi connectivity index (χ1n) is 8.80. The number of amides is 1. The van der Waals surface area contributed by atoms with Crippen LogP contribution in [0.3, 0.4) is 0 Å². The fraction of sp³-hybridized carbons (Fsp3) is 0.211. The van der Waals surface area contributed by atoms with Crippen molar-refractivity contribution in [1.29, 1.82) is 0 Å². The van der Waals surface area contributed by atoms with Crippen LogP contribution in [0.5, 0.6) is 0 Å². The molecule has 3 N–H and O–H groups in total. The molecule has 0 atom stereocenters. The van der Waals surface area contributed by atoms with Gasteiger partial charge in [-0.2, -0.15) is 5.10 Å². The van der Waals surface area contributed by atoms with Gasteiger partial charge in [-0.15, -0.1) is 11.3 Å². The van der Waals surface area contributed by atoms with E-state index in [4.69, 9.17) is 0 Å². The summed E-state index contributed by atoms with van der Waals surface area (Å²) in [5, 5.41) is 11.8. The third kappa shape index (κ3) is 3.08. The van der Waals surface area contributed by atoms with Crippen LogP contribution in [0.1, 0.15) is 23.2 Å². The van der Waals surface area contributed by atoms with E-state index < -0.39 is 0 Å². The summed E-state index contributed by atoms with van der Waals surface area (Å²) < 4.78 is 1.76. The number of hydrogen-bond acceptors (Lipinski definition) is 4. The smallest absolute Gasteiger partial charge is 0.306 e. The largest absolute Gasteiger partial charge is 0.326 e. The number of benzene rings is 1. The number of thiophene rings is 1. The Bertz CT molecular complexity index is 1180. The van der Waals surface area contributed by atoms with Crippen molar-refractivity contribution >= 4 is 34.1 Å². The highest BCUT2D eigenvalue weighted by molar-refractivity contribution is 7.13. The fourth-order valence-corrected chi connectivity index (χ4v) is 3.87. The molecule has 1 amide bonds. The minimum atomic E-state index is -0.267. The van der Waals surface area contributed by atoms with Gasteiger partial charge in [0, 0.05) is 18.2 Å². The van der Waals surface area contributed by atoms with E-state index >= 15 is 0 Å². The fourth-order valence-electron chi connectivity index (χ4n) is 3.18. The van der Waals surface area contributed by atoms with E-state index in [0.29, 0.717) is 22.8 Å². The van der Waals surface area contributed by atoms with Gasteiger partial charge in [0.25, 0.3) is 5.91 Å². The highest BCUT2D eigenvalue weighted by atomic mass is 32.1. The molecule has 0 saturated heterocycles. The highest BCUT2D eigenvalue weighted by Gasteiger charge is 2.23. The van der Waals surface area contributed by atoms with Crippen molar-refractivity contribution in [1.82, 2.24) is 19.7 Å². The second-order valence-electron chi connectivity index (χ2n) is 6.81. The van der Waals surface area contributed by atoms with Crippen molar-refractivity contribution in [3.63, 3.8) is 0 Å². The Morgan fingerprint density at radius 1 is 1.30 bits per heavy atom. The Kier molecular flexibility index (Phi) is 3.71. The monoisotopic (exact) mass is 379 g/mol. The third-order valence-electron chi connectivity index (χ3n) is 4.78. The number of nitrogens with one attached hydrogen (secondary N) is 3. The quantitative estimate of drug-likeness (QED) is 0.496. The molecule has 0 spiro atoms. The zero-order valence-electron chi connectivity index (χ0n) is 14.4. The van der Waals surface area contributed by atoms with Gasteiger partial charge in [0.1, 0.15) is 0 Å². The molecule has 136 valence electrons. The Balaban J connectivity index is 1.38. The average molecular weight is 379 g/mol. The Hall–Kier alpha value is -3.13. The molecular weight excluding hydrogens is 362 g/mol. The van der Waals surface area contributed by atoms with Crippen LogP contribution in [0.15, 0.2) is 46.6 Å². The summed E-state index contributed by atoms with van der Waals surface area (Å²) in [4.78, 5) is 28.7. The van der Waals surface area contributed by atoms with Gasteiger partial charge in [0.05, 0.1) is 21.6 Å². The second-order valence-corrected chi connectivity index (χ2v) is 7.76. The molecule has 7 nitrogen and oxygen atoms in total. The molecule has 0 aliphatic heterocycles. The lowest BCUT2D eigenvalue weighted by Crippen LogP contribution is -2.17. The van der Waals surface area contributed by atoms with Crippen LogP contribution in [-0.4, -0.2) is 25.7 Å². The standard InChI is InChI=1S/C19H17N5O2S/c25-18(21-17-9-14(22-23-17)16-2-1-7-27-16)12-5-6-15-13(8-12)20-19(26)24(15)10-11-3-4-11/h1-2,5-9,11H,3-4,10H2,(H,20,26)(H2,21,22,23,25). The molecule has 1 fully saturated rings. The maximum Gasteiger partial charge on any atom is 0.326 e. The maximum atomic E-state index is 12.6. The lowest BCUT2D eigenvalue weighted by molar-refractivity contribution is 0.102. The van der Waals surface area contributed by atoms with Crippen molar-refractivity contribution < 1.29 is 4.79 Å². The second kappa shape index (κ2) is 6.24. The topological polar surface area (TPSA) is 95.6 Å². The molecule has 5 rings (SSSR count). The van der Waals surface area contributed by atoms with E-state index in [0.717, 1.165) is 22.6 Å². The maximum absolute atomic E-state index is 12.6. The lowest BCUT2D eigenvalue weighted by Gasteiger charge is -2.04. The van der Waals surface area contributed by atoms with Crippen molar-refractivity contribution in [3.8, 4) is 10.6 Å². The van der Waals surface area contributed by atoms with E-state index in [1.165, 1.54) is 12.8 Å². The Morgan fingerprint density at radius 3 is 2.96 bits per heavy atom. The van der Waals surface area contributed by atoms with Crippen molar-refractivity contribution in [2.24, 2.45) is 5.92 Å². The van der Waals surface area contributed by atoms with Crippen LogP contribution < -0.4 is 11.0 Å². The van der Waals surface area contributed by atoms with Gasteiger partial charge < -0.3 is 10.3 Å². The lowest BCUT2D eigenvalue weighted by atomic mass is 10.2. The zero-order chi connectivity index (χ0) is 18.4. The number of hydrogen-bond donors (Lipinski definition) is 3. The van der Waals surface area contributed by atoms with Gasteiger partial charge in [-0.25, -0.2) is 4.79 Å². The number of fused-ring (bicyclic) bond motifs is 1. The number of anilines is 1. The molecule has 1 aliphatic carbocycles. The summed E-state index contributed by atoms with van der Waals surface area (Å²) in [5.41, 5.74) is 2.72. The first kappa shape index (κ1) is 16.1. The van der Waals surface area contributed by atoms with Crippen LogP contribution in [0.25, 0.3) is 21.6 Å². The number of nitrogens with zero attached hydrogens (tertiary/aromatic N) is 2. The molecule has 0 bridgehead atoms. The van der Waals surface area contributed by atoms with E-state index in [2.05, 4.69) is 20.5 Å². The van der Waals surface area contributed by atoms with Crippen molar-refractivity contribution in [2.45, 2.75) is 19.4 Å². The summed E-state index contributed by atoms with van der Waals surface area (Å²) in [6.07, 6.45) is 2.35. The number of aromatic amines is 2. The van der Waals surface area contributed by atoms with Crippen LogP contribution in [0.4, 0.5) is 5.82 Å². The van der Waals surface area contributed by atoms with E-state index in [1.807, 2.05) is 23.6 Å². The number of carbonyl (C=O) groups excluding carboxylic acids is 1. The Morgan fingerprint density at radius 2 is 2.19 bits per heavy atom. The molecule has 3 heterocycles. The summed E-state index contributed by atoms with van der Waals surface area (Å²) >= 11 is 1.60. The SMILES string of the molecule is O=C(Nc1cc(-c2cccs2)[nH]n1)c1ccc2c(c1)[nH]c(=O)n2CC1CC1. The van der Waals surface area contributed by atoms with Crippen LogP contribution >= 0.6 is 11.3 Å². The van der Waals surface area contributed by atoms with Crippen LogP contribution in [-0.2, 0) is 6.54 Å². The Labute approximate surface area is 158 Å².